The van der Waals surface area contributed by atoms with Crippen molar-refractivity contribution in [2.75, 3.05) is 7.11 Å². The van der Waals surface area contributed by atoms with Crippen LogP contribution in [0.25, 0.3) is 0 Å². The zero-order chi connectivity index (χ0) is 21.4. The molecule has 4 heteroatoms. The number of ether oxygens (including phenoxy) is 1. The van der Waals surface area contributed by atoms with Crippen molar-refractivity contribution in [3.8, 4) is 12.3 Å². The van der Waals surface area contributed by atoms with Crippen molar-refractivity contribution in [3.05, 3.63) is 108 Å². The molecule has 0 radical (unpaired) electrons. The van der Waals surface area contributed by atoms with Crippen molar-refractivity contribution >= 4 is 11.9 Å². The van der Waals surface area contributed by atoms with Gasteiger partial charge in [0.15, 0.2) is 0 Å². The number of carbonyl (C=O) groups is 2. The fraction of sp³-hybridized carbons (Fsp3) is 0.154. The van der Waals surface area contributed by atoms with E-state index in [1.165, 1.54) is 7.11 Å². The molecule has 0 spiro atoms. The topological polar surface area (TPSA) is 55.4 Å². The lowest BCUT2D eigenvalue weighted by atomic mass is 9.68. The molecule has 0 heterocycles. The predicted molar refractivity (Wildman–Crippen MR) is 117 cm³/mol. The number of terminal acetylenes is 1. The lowest BCUT2D eigenvalue weighted by molar-refractivity contribution is -0.145. The van der Waals surface area contributed by atoms with E-state index in [-0.39, 0.29) is 12.3 Å². The molecule has 0 aliphatic carbocycles. The van der Waals surface area contributed by atoms with Crippen molar-refractivity contribution in [1.29, 1.82) is 0 Å². The molecule has 0 saturated carbocycles. The Morgan fingerprint density at radius 1 is 0.867 bits per heavy atom. The van der Waals surface area contributed by atoms with Gasteiger partial charge in [-0.1, -0.05) is 91.0 Å². The summed E-state index contributed by atoms with van der Waals surface area (Å²) in [6.07, 6.45) is 5.47. The largest absolute Gasteiger partial charge is 0.467 e. The van der Waals surface area contributed by atoms with Crippen LogP contribution in [0.5, 0.6) is 0 Å². The maximum atomic E-state index is 14.0. The molecule has 0 aliphatic rings. The molecular formula is C26H23NO3. The predicted octanol–water partition coefficient (Wildman–Crippen LogP) is 3.70. The van der Waals surface area contributed by atoms with Gasteiger partial charge in [-0.25, -0.2) is 4.79 Å². The van der Waals surface area contributed by atoms with Gasteiger partial charge in [0.05, 0.1) is 7.11 Å². The first-order valence-electron chi connectivity index (χ1n) is 9.63. The second-order valence-corrected chi connectivity index (χ2v) is 6.81. The molecule has 0 aliphatic heterocycles. The van der Waals surface area contributed by atoms with Gasteiger partial charge in [-0.2, -0.15) is 0 Å². The molecule has 0 unspecified atom stereocenters. The molecule has 1 N–H and O–H groups in total. The number of amides is 1. The van der Waals surface area contributed by atoms with Gasteiger partial charge < -0.3 is 10.1 Å². The number of hydrogen-bond acceptors (Lipinski definition) is 3. The zero-order valence-corrected chi connectivity index (χ0v) is 16.7. The highest BCUT2D eigenvalue weighted by molar-refractivity contribution is 5.98. The average molecular weight is 397 g/mol. The van der Waals surface area contributed by atoms with Crippen molar-refractivity contribution < 1.29 is 14.3 Å². The van der Waals surface area contributed by atoms with Crippen molar-refractivity contribution in [2.45, 2.75) is 17.9 Å². The molecule has 4 nitrogen and oxygen atoms in total. The fourth-order valence-electron chi connectivity index (χ4n) is 3.68. The number of hydrogen-bond donors (Lipinski definition) is 1. The van der Waals surface area contributed by atoms with Crippen LogP contribution in [0.1, 0.15) is 23.1 Å². The standard InChI is InChI=1S/C26H23NO3/c1-3-13-23(24(28)30-2)27-25(29)26(20-14-7-4-8-15-20,21-16-9-5-10-17-21)22-18-11-6-12-19-22/h1,4-12,14-19,23H,13H2,2H3,(H,27,29)/t23-/m1/s1. The first-order valence-corrected chi connectivity index (χ1v) is 9.63. The second kappa shape index (κ2) is 9.58. The molecule has 3 aromatic rings. The van der Waals surface area contributed by atoms with Gasteiger partial charge in [0.2, 0.25) is 5.91 Å². The number of esters is 1. The van der Waals surface area contributed by atoms with Crippen LogP contribution in [-0.4, -0.2) is 25.0 Å². The lowest BCUT2D eigenvalue weighted by Crippen LogP contribution is -2.52. The number of rotatable bonds is 7. The monoisotopic (exact) mass is 397 g/mol. The van der Waals surface area contributed by atoms with Crippen LogP contribution in [0.15, 0.2) is 91.0 Å². The normalized spacial score (nSPS) is 11.7. The molecule has 0 bridgehead atoms. The van der Waals surface area contributed by atoms with E-state index in [1.807, 2.05) is 91.0 Å². The first kappa shape index (κ1) is 20.9. The molecule has 0 saturated heterocycles. The van der Waals surface area contributed by atoms with E-state index < -0.39 is 17.4 Å². The second-order valence-electron chi connectivity index (χ2n) is 6.81. The molecule has 0 aromatic heterocycles. The van der Waals surface area contributed by atoms with Crippen LogP contribution in [0.3, 0.4) is 0 Å². The third kappa shape index (κ3) is 3.97. The highest BCUT2D eigenvalue weighted by atomic mass is 16.5. The Labute approximate surface area is 176 Å². The summed E-state index contributed by atoms with van der Waals surface area (Å²) in [5.74, 6) is 1.51. The average Bonchev–Trinajstić information content (AvgIpc) is 2.81. The van der Waals surface area contributed by atoms with Gasteiger partial charge in [-0.05, 0) is 16.7 Å². The van der Waals surface area contributed by atoms with Crippen molar-refractivity contribution in [1.82, 2.24) is 5.32 Å². The van der Waals surface area contributed by atoms with E-state index >= 15 is 0 Å². The third-order valence-electron chi connectivity index (χ3n) is 5.07. The molecule has 0 fully saturated rings. The van der Waals surface area contributed by atoms with E-state index in [9.17, 15) is 9.59 Å². The fourth-order valence-corrected chi connectivity index (χ4v) is 3.68. The summed E-state index contributed by atoms with van der Waals surface area (Å²) in [6.45, 7) is 0. The maximum absolute atomic E-state index is 14.0. The van der Waals surface area contributed by atoms with Gasteiger partial charge in [-0.3, -0.25) is 4.79 Å². The molecule has 3 aromatic carbocycles. The van der Waals surface area contributed by atoms with E-state index in [1.54, 1.807) is 0 Å². The van der Waals surface area contributed by atoms with Crippen LogP contribution in [0, 0.1) is 12.3 Å². The third-order valence-corrected chi connectivity index (χ3v) is 5.07. The zero-order valence-electron chi connectivity index (χ0n) is 16.7. The highest BCUT2D eigenvalue weighted by Gasteiger charge is 2.44. The molecule has 1 atom stereocenters. The van der Waals surface area contributed by atoms with Gasteiger partial charge in [0.1, 0.15) is 11.5 Å². The van der Waals surface area contributed by atoms with Crippen molar-refractivity contribution in [3.63, 3.8) is 0 Å². The summed E-state index contributed by atoms with van der Waals surface area (Å²) in [7, 11) is 1.27. The SMILES string of the molecule is C#CC[C@@H](NC(=O)C(c1ccccc1)(c1ccccc1)c1ccccc1)C(=O)OC. The Morgan fingerprint density at radius 2 is 1.27 bits per heavy atom. The van der Waals surface area contributed by atoms with Crippen molar-refractivity contribution in [2.24, 2.45) is 0 Å². The summed E-state index contributed by atoms with van der Waals surface area (Å²) in [5.41, 5.74) is 1.17. The Balaban J connectivity index is 2.25. The highest BCUT2D eigenvalue weighted by Crippen LogP contribution is 2.39. The molecular weight excluding hydrogens is 374 g/mol. The van der Waals surface area contributed by atoms with E-state index in [0.717, 1.165) is 16.7 Å². The van der Waals surface area contributed by atoms with Crippen LogP contribution < -0.4 is 5.32 Å². The molecule has 3 rings (SSSR count). The minimum absolute atomic E-state index is 0.0346. The lowest BCUT2D eigenvalue weighted by Gasteiger charge is -2.35. The van der Waals surface area contributed by atoms with E-state index in [0.29, 0.717) is 0 Å². The number of nitrogens with one attached hydrogen (secondary N) is 1. The smallest absolute Gasteiger partial charge is 0.329 e. The summed E-state index contributed by atoms with van der Waals surface area (Å²) in [4.78, 5) is 26.2. The van der Waals surface area contributed by atoms with Crippen LogP contribution in [0.2, 0.25) is 0 Å². The van der Waals surface area contributed by atoms with Gasteiger partial charge in [-0.15, -0.1) is 12.3 Å². The Kier molecular flexibility index (Phi) is 6.67. The minimum atomic E-state index is -1.18. The Morgan fingerprint density at radius 3 is 1.60 bits per heavy atom. The van der Waals surface area contributed by atoms with Crippen LogP contribution in [0.4, 0.5) is 0 Å². The summed E-state index contributed by atoms with van der Waals surface area (Å²) in [5, 5.41) is 2.85. The molecule has 1 amide bonds. The summed E-state index contributed by atoms with van der Waals surface area (Å²) >= 11 is 0. The quantitative estimate of drug-likeness (QED) is 0.376. The molecule has 30 heavy (non-hydrogen) atoms. The Hall–Kier alpha value is -3.84. The van der Waals surface area contributed by atoms with Crippen LogP contribution >= 0.6 is 0 Å². The van der Waals surface area contributed by atoms with Gasteiger partial charge in [0.25, 0.3) is 0 Å². The maximum Gasteiger partial charge on any atom is 0.329 e. The number of benzene rings is 3. The summed E-state index contributed by atoms with van der Waals surface area (Å²) in [6, 6.07) is 27.6. The van der Waals surface area contributed by atoms with Gasteiger partial charge in [0, 0.05) is 6.42 Å². The minimum Gasteiger partial charge on any atom is -0.467 e. The number of carbonyl (C=O) groups excluding carboxylic acids is 2. The van der Waals surface area contributed by atoms with E-state index in [2.05, 4.69) is 11.2 Å². The number of methoxy groups -OCH3 is 1. The van der Waals surface area contributed by atoms with Crippen LogP contribution in [-0.2, 0) is 19.7 Å². The van der Waals surface area contributed by atoms with E-state index in [4.69, 9.17) is 11.2 Å². The molecule has 150 valence electrons. The summed E-state index contributed by atoms with van der Waals surface area (Å²) < 4.78 is 4.85. The first-order chi connectivity index (χ1) is 14.6. The Bertz CT molecular complexity index is 927. The van der Waals surface area contributed by atoms with Gasteiger partial charge >= 0.3 is 5.97 Å².